The average molecular weight is 202 g/mol. The van der Waals surface area contributed by atoms with Gasteiger partial charge in [0.05, 0.1) is 4.87 Å². The third kappa shape index (κ3) is 2.86. The summed E-state index contributed by atoms with van der Waals surface area (Å²) >= 11 is 2.12. The van der Waals surface area contributed by atoms with Gasteiger partial charge in [0.15, 0.2) is 0 Å². The summed E-state index contributed by atoms with van der Waals surface area (Å²) in [6, 6.07) is 0. The van der Waals surface area contributed by atoms with E-state index in [1.165, 1.54) is 38.2 Å². The van der Waals surface area contributed by atoms with Crippen molar-refractivity contribution in [1.29, 1.82) is 0 Å². The topological polar surface area (TPSA) is 15.3 Å². The minimum Gasteiger partial charge on any atom is -0.304 e. The van der Waals surface area contributed by atoms with Crippen LogP contribution in [0, 0.1) is 0 Å². The zero-order chi connectivity index (χ0) is 9.73. The molecule has 13 heavy (non-hydrogen) atoms. The highest BCUT2D eigenvalue weighted by Crippen LogP contribution is 2.34. The number of hydrogen-bond acceptors (Lipinski definition) is 3. The summed E-state index contributed by atoms with van der Waals surface area (Å²) in [7, 11) is 2.22. The minimum absolute atomic E-state index is 0.438. The van der Waals surface area contributed by atoms with E-state index in [0.717, 1.165) is 0 Å². The molecule has 1 N–H and O–H groups in total. The van der Waals surface area contributed by atoms with Gasteiger partial charge in [0.2, 0.25) is 0 Å². The molecule has 2 fully saturated rings. The van der Waals surface area contributed by atoms with Gasteiger partial charge in [-0.3, -0.25) is 0 Å². The fraction of sp³-hybridized carbons (Fsp3) is 1.00. The summed E-state index contributed by atoms with van der Waals surface area (Å²) in [5, 5.41) is 3.62. The lowest BCUT2D eigenvalue weighted by Gasteiger charge is -2.37. The van der Waals surface area contributed by atoms with Crippen molar-refractivity contribution in [2.75, 3.05) is 32.4 Å². The molecule has 0 aromatic carbocycles. The van der Waals surface area contributed by atoms with Gasteiger partial charge in [0, 0.05) is 18.8 Å². The van der Waals surface area contributed by atoms with E-state index >= 15 is 0 Å². The fourth-order valence-corrected chi connectivity index (χ4v) is 3.47. The van der Waals surface area contributed by atoms with Gasteiger partial charge in [-0.2, -0.15) is 0 Å². The third-order valence-electron chi connectivity index (χ3n) is 2.57. The molecule has 2 rings (SSSR count). The first-order chi connectivity index (χ1) is 6.31. The Bertz CT molecular complexity index is 144. The lowest BCUT2D eigenvalue weighted by molar-refractivity contribution is 0.215. The van der Waals surface area contributed by atoms with Crippen LogP contribution in [0.2, 0.25) is 0 Å². The second-order valence-corrected chi connectivity index (χ2v) is 5.09. The maximum atomic E-state index is 3.62. The Hall–Kier alpha value is 0.270. The molecule has 2 saturated heterocycles. The second kappa shape index (κ2) is 5.23. The van der Waals surface area contributed by atoms with Crippen LogP contribution in [-0.2, 0) is 0 Å². The van der Waals surface area contributed by atoms with E-state index in [1.807, 2.05) is 13.8 Å². The van der Waals surface area contributed by atoms with Gasteiger partial charge in [0.25, 0.3) is 0 Å². The number of rotatable bonds is 0. The molecule has 0 bridgehead atoms. The molecule has 1 spiro atoms. The molecule has 0 aromatic rings. The summed E-state index contributed by atoms with van der Waals surface area (Å²) in [4.78, 5) is 2.88. The van der Waals surface area contributed by atoms with E-state index in [4.69, 9.17) is 0 Å². The molecule has 0 radical (unpaired) electrons. The lowest BCUT2D eigenvalue weighted by atomic mass is 10.1. The maximum absolute atomic E-state index is 3.62. The molecular weight excluding hydrogens is 180 g/mol. The molecule has 2 aliphatic rings. The molecule has 2 nitrogen and oxygen atoms in total. The summed E-state index contributed by atoms with van der Waals surface area (Å²) in [5.74, 6) is 1.30. The van der Waals surface area contributed by atoms with Crippen LogP contribution in [0.5, 0.6) is 0 Å². The standard InChI is InChI=1S/C8H16N2S.C2H6/c1-10-5-2-3-8(7-10)9-4-6-11-8;1-2/h9H,2-7H2,1H3;1-2H3. The number of likely N-dealkylation sites (tertiary alicyclic amines) is 1. The first-order valence-electron chi connectivity index (χ1n) is 5.38. The van der Waals surface area contributed by atoms with Crippen LogP contribution in [0.3, 0.4) is 0 Å². The summed E-state index contributed by atoms with van der Waals surface area (Å²) in [6.07, 6.45) is 2.72. The monoisotopic (exact) mass is 202 g/mol. The fourth-order valence-electron chi connectivity index (χ4n) is 2.07. The highest BCUT2D eigenvalue weighted by Gasteiger charge is 2.37. The largest absolute Gasteiger partial charge is 0.304 e. The zero-order valence-corrected chi connectivity index (χ0v) is 9.91. The van der Waals surface area contributed by atoms with Crippen molar-refractivity contribution in [2.45, 2.75) is 31.6 Å². The molecular formula is C10H22N2S. The number of nitrogens with one attached hydrogen (secondary N) is 1. The SMILES string of the molecule is CC.CN1CCCC2(C1)NCCS2. The maximum Gasteiger partial charge on any atom is 0.0774 e. The van der Waals surface area contributed by atoms with Gasteiger partial charge in [-0.15, -0.1) is 11.8 Å². The minimum atomic E-state index is 0.438. The van der Waals surface area contributed by atoms with Crippen LogP contribution in [0.15, 0.2) is 0 Å². The van der Waals surface area contributed by atoms with Gasteiger partial charge in [-0.25, -0.2) is 0 Å². The number of nitrogens with zero attached hydrogens (tertiary/aromatic N) is 1. The first kappa shape index (κ1) is 11.3. The Morgan fingerprint density at radius 2 is 2.15 bits per heavy atom. The van der Waals surface area contributed by atoms with Crippen LogP contribution in [0.4, 0.5) is 0 Å². The Balaban J connectivity index is 0.000000396. The molecule has 0 aliphatic carbocycles. The molecule has 78 valence electrons. The molecule has 0 saturated carbocycles. The van der Waals surface area contributed by atoms with Gasteiger partial charge in [-0.05, 0) is 26.4 Å². The van der Waals surface area contributed by atoms with E-state index in [9.17, 15) is 0 Å². The van der Waals surface area contributed by atoms with Crippen LogP contribution in [0.25, 0.3) is 0 Å². The highest BCUT2D eigenvalue weighted by molar-refractivity contribution is 8.00. The van der Waals surface area contributed by atoms with Crippen LogP contribution in [0.1, 0.15) is 26.7 Å². The van der Waals surface area contributed by atoms with Gasteiger partial charge in [-0.1, -0.05) is 13.8 Å². The number of likely N-dealkylation sites (N-methyl/N-ethyl adjacent to an activating group) is 1. The van der Waals surface area contributed by atoms with Crippen molar-refractivity contribution in [3.05, 3.63) is 0 Å². The zero-order valence-electron chi connectivity index (χ0n) is 9.10. The summed E-state index contributed by atoms with van der Waals surface area (Å²) in [6.45, 7) is 7.72. The van der Waals surface area contributed by atoms with Crippen molar-refractivity contribution in [3.63, 3.8) is 0 Å². The van der Waals surface area contributed by atoms with Crippen molar-refractivity contribution >= 4 is 11.8 Å². The van der Waals surface area contributed by atoms with Crippen LogP contribution in [-0.4, -0.2) is 42.2 Å². The number of thioether (sulfide) groups is 1. The molecule has 0 amide bonds. The molecule has 1 atom stereocenters. The molecule has 3 heteroatoms. The van der Waals surface area contributed by atoms with E-state index < -0.39 is 0 Å². The Morgan fingerprint density at radius 3 is 2.69 bits per heavy atom. The highest BCUT2D eigenvalue weighted by atomic mass is 32.2. The number of hydrogen-bond donors (Lipinski definition) is 1. The van der Waals surface area contributed by atoms with E-state index in [-0.39, 0.29) is 0 Å². The number of piperidine rings is 1. The van der Waals surface area contributed by atoms with Gasteiger partial charge >= 0.3 is 0 Å². The second-order valence-electron chi connectivity index (χ2n) is 3.61. The Kier molecular flexibility index (Phi) is 4.56. The van der Waals surface area contributed by atoms with E-state index in [1.54, 1.807) is 0 Å². The van der Waals surface area contributed by atoms with Crippen molar-refractivity contribution in [3.8, 4) is 0 Å². The predicted octanol–water partition coefficient (Wildman–Crippen LogP) is 1.77. The Labute approximate surface area is 86.5 Å². The van der Waals surface area contributed by atoms with E-state index in [0.29, 0.717) is 4.87 Å². The summed E-state index contributed by atoms with van der Waals surface area (Å²) < 4.78 is 0. The molecule has 2 heterocycles. The molecule has 0 aromatic heterocycles. The quantitative estimate of drug-likeness (QED) is 0.644. The Morgan fingerprint density at radius 1 is 1.38 bits per heavy atom. The molecule has 1 unspecified atom stereocenters. The van der Waals surface area contributed by atoms with Crippen molar-refractivity contribution < 1.29 is 0 Å². The van der Waals surface area contributed by atoms with Gasteiger partial charge in [0.1, 0.15) is 0 Å². The smallest absolute Gasteiger partial charge is 0.0774 e. The van der Waals surface area contributed by atoms with E-state index in [2.05, 4.69) is 29.0 Å². The summed E-state index contributed by atoms with van der Waals surface area (Å²) in [5.41, 5.74) is 0. The van der Waals surface area contributed by atoms with Gasteiger partial charge < -0.3 is 10.2 Å². The van der Waals surface area contributed by atoms with Crippen LogP contribution >= 0.6 is 11.8 Å². The molecule has 2 aliphatic heterocycles. The normalized spacial score (nSPS) is 34.4. The first-order valence-corrected chi connectivity index (χ1v) is 6.37. The average Bonchev–Trinajstić information content (AvgIpc) is 2.56. The van der Waals surface area contributed by atoms with Crippen LogP contribution < -0.4 is 5.32 Å². The lowest BCUT2D eigenvalue weighted by Crippen LogP contribution is -2.50. The van der Waals surface area contributed by atoms with Crippen molar-refractivity contribution in [2.24, 2.45) is 0 Å². The third-order valence-corrected chi connectivity index (χ3v) is 4.01. The predicted molar refractivity (Wildman–Crippen MR) is 61.3 cm³/mol. The van der Waals surface area contributed by atoms with Crippen molar-refractivity contribution in [1.82, 2.24) is 10.2 Å².